The summed E-state index contributed by atoms with van der Waals surface area (Å²) in [6.07, 6.45) is 14.0. The van der Waals surface area contributed by atoms with Crippen molar-refractivity contribution < 1.29 is 56.7 Å². The molecule has 0 bridgehead atoms. The first-order chi connectivity index (χ1) is 4.00. The third kappa shape index (κ3) is 13.6. The van der Waals surface area contributed by atoms with E-state index in [2.05, 4.69) is 24.3 Å². The molecule has 0 aromatic carbocycles. The van der Waals surface area contributed by atoms with Gasteiger partial charge in [0.1, 0.15) is 0 Å². The van der Waals surface area contributed by atoms with Crippen molar-refractivity contribution in [3.63, 3.8) is 0 Å². The van der Waals surface area contributed by atoms with Crippen molar-refractivity contribution in [2.45, 2.75) is 25.7 Å². The molecule has 0 aliphatic heterocycles. The van der Waals surface area contributed by atoms with Crippen molar-refractivity contribution in [2.75, 3.05) is 0 Å². The van der Waals surface area contributed by atoms with Gasteiger partial charge in [0.25, 0.3) is 0 Å². The minimum atomic E-state index is 0. The molecule has 1 aliphatic carbocycles. The van der Waals surface area contributed by atoms with Crippen LogP contribution in [0.5, 0.6) is 0 Å². The minimum absolute atomic E-state index is 0. The minimum Gasteiger partial charge on any atom is -1.00 e. The summed E-state index contributed by atoms with van der Waals surface area (Å²) in [6.45, 7) is 0. The van der Waals surface area contributed by atoms with Crippen LogP contribution in [-0.2, 0) is 19.5 Å². The van der Waals surface area contributed by atoms with Crippen molar-refractivity contribution in [3.8, 4) is 0 Å². The maximum Gasteiger partial charge on any atom is 3.00 e. The third-order valence-electron chi connectivity index (χ3n) is 1.33. The van der Waals surface area contributed by atoms with Crippen molar-refractivity contribution in [2.24, 2.45) is 0 Å². The topological polar surface area (TPSA) is 0 Å². The predicted octanol–water partition coefficient (Wildman–Crippen LogP) is -6.32. The van der Waals surface area contributed by atoms with Gasteiger partial charge in [-0.3, -0.25) is 0 Å². The SMILES string of the molecule is C1=CCC/C=C\CC1.[Cl-].[Cl-].[Cl-].[Rh+3]. The standard InChI is InChI=1S/C8H12.3ClH.Rh/c1-2-4-6-8-7-5-3-1;;;;/h1-2,7-8H,3-6H2;3*1H;/q;;;;+3/p-3/b2-1-,8-7?;;;;. The molecule has 0 atom stereocenters. The van der Waals surface area contributed by atoms with Crippen LogP contribution < -0.4 is 37.2 Å². The van der Waals surface area contributed by atoms with Gasteiger partial charge in [0.2, 0.25) is 0 Å². The normalized spacial score (nSPS) is 16.0. The quantitative estimate of drug-likeness (QED) is 0.308. The van der Waals surface area contributed by atoms with E-state index in [0.717, 1.165) is 0 Å². The Bertz CT molecular complexity index is 86.9. The number of hydrogen-bond acceptors (Lipinski definition) is 0. The molecule has 0 fully saturated rings. The molecule has 12 heavy (non-hydrogen) atoms. The number of hydrogen-bond donors (Lipinski definition) is 0. The van der Waals surface area contributed by atoms with E-state index >= 15 is 0 Å². The molecule has 74 valence electrons. The molecule has 0 radical (unpaired) electrons. The number of rotatable bonds is 0. The van der Waals surface area contributed by atoms with Crippen molar-refractivity contribution in [1.29, 1.82) is 0 Å². The Labute approximate surface area is 106 Å². The molecule has 0 amide bonds. The molecule has 0 spiro atoms. The van der Waals surface area contributed by atoms with Gasteiger partial charge in [-0.2, -0.15) is 0 Å². The van der Waals surface area contributed by atoms with Crippen LogP contribution >= 0.6 is 0 Å². The zero-order valence-corrected chi connectivity index (χ0v) is 10.5. The van der Waals surface area contributed by atoms with Gasteiger partial charge < -0.3 is 37.2 Å². The fourth-order valence-corrected chi connectivity index (χ4v) is 0.856. The van der Waals surface area contributed by atoms with E-state index in [9.17, 15) is 0 Å². The summed E-state index contributed by atoms with van der Waals surface area (Å²) < 4.78 is 0. The van der Waals surface area contributed by atoms with Gasteiger partial charge in [0, 0.05) is 0 Å². The molecule has 0 N–H and O–H groups in total. The van der Waals surface area contributed by atoms with Crippen molar-refractivity contribution in [1.82, 2.24) is 0 Å². The first-order valence-electron chi connectivity index (χ1n) is 3.30. The van der Waals surface area contributed by atoms with Crippen LogP contribution in [0.2, 0.25) is 0 Å². The summed E-state index contributed by atoms with van der Waals surface area (Å²) in [4.78, 5) is 0. The molecule has 1 rings (SSSR count). The zero-order valence-electron chi connectivity index (χ0n) is 6.61. The Morgan fingerprint density at radius 1 is 0.500 bits per heavy atom. The van der Waals surface area contributed by atoms with Crippen molar-refractivity contribution >= 4 is 0 Å². The summed E-state index contributed by atoms with van der Waals surface area (Å²) >= 11 is 0. The summed E-state index contributed by atoms with van der Waals surface area (Å²) in [7, 11) is 0. The Morgan fingerprint density at radius 2 is 0.667 bits per heavy atom. The fraction of sp³-hybridized carbons (Fsp3) is 0.500. The second-order valence-corrected chi connectivity index (χ2v) is 2.10. The van der Waals surface area contributed by atoms with Crippen LogP contribution in [-0.4, -0.2) is 0 Å². The second kappa shape index (κ2) is 17.9. The van der Waals surface area contributed by atoms with E-state index in [4.69, 9.17) is 0 Å². The van der Waals surface area contributed by atoms with E-state index in [1.165, 1.54) is 25.7 Å². The molecule has 0 unspecified atom stereocenters. The molecule has 0 saturated heterocycles. The van der Waals surface area contributed by atoms with Crippen LogP contribution in [0.25, 0.3) is 0 Å². The van der Waals surface area contributed by atoms with E-state index < -0.39 is 0 Å². The summed E-state index contributed by atoms with van der Waals surface area (Å²) in [5, 5.41) is 0. The fourth-order valence-electron chi connectivity index (χ4n) is 0.856. The van der Waals surface area contributed by atoms with Gasteiger partial charge in [0.05, 0.1) is 0 Å². The molecule has 0 nitrogen and oxygen atoms in total. The summed E-state index contributed by atoms with van der Waals surface area (Å²) in [5.41, 5.74) is 0. The number of halogens is 3. The summed E-state index contributed by atoms with van der Waals surface area (Å²) in [5.74, 6) is 0. The van der Waals surface area contributed by atoms with Gasteiger partial charge in [-0.15, -0.1) is 0 Å². The summed E-state index contributed by atoms with van der Waals surface area (Å²) in [6, 6.07) is 0. The van der Waals surface area contributed by atoms with E-state index in [1.54, 1.807) is 0 Å². The van der Waals surface area contributed by atoms with Gasteiger partial charge >= 0.3 is 19.5 Å². The molecule has 0 aromatic rings. The Hall–Kier alpha value is 0.973. The molecule has 4 heteroatoms. The van der Waals surface area contributed by atoms with Gasteiger partial charge in [-0.1, -0.05) is 24.3 Å². The maximum atomic E-state index is 2.27. The predicted molar refractivity (Wildman–Crippen MR) is 36.7 cm³/mol. The first kappa shape index (κ1) is 23.1. The van der Waals surface area contributed by atoms with Crippen LogP contribution in [0, 0.1) is 0 Å². The van der Waals surface area contributed by atoms with E-state index in [0.29, 0.717) is 0 Å². The number of allylic oxidation sites excluding steroid dienone is 4. The Kier molecular flexibility index (Phi) is 34.5. The van der Waals surface area contributed by atoms with Crippen molar-refractivity contribution in [3.05, 3.63) is 24.3 Å². The second-order valence-electron chi connectivity index (χ2n) is 2.10. The van der Waals surface area contributed by atoms with Gasteiger partial charge in [-0.25, -0.2) is 0 Å². The van der Waals surface area contributed by atoms with Crippen LogP contribution in [0.15, 0.2) is 24.3 Å². The Balaban J connectivity index is -0.0000000800. The van der Waals surface area contributed by atoms with E-state index in [-0.39, 0.29) is 56.7 Å². The average Bonchev–Trinajstić information content (AvgIpc) is 1.62. The molecular weight excluding hydrogens is 305 g/mol. The molecule has 0 aromatic heterocycles. The van der Waals surface area contributed by atoms with Crippen LogP contribution in [0.3, 0.4) is 0 Å². The molecule has 1 aliphatic rings. The first-order valence-corrected chi connectivity index (χ1v) is 3.30. The molecule has 0 heterocycles. The maximum absolute atomic E-state index is 2.27. The van der Waals surface area contributed by atoms with Crippen LogP contribution in [0.4, 0.5) is 0 Å². The van der Waals surface area contributed by atoms with Crippen LogP contribution in [0.1, 0.15) is 25.7 Å². The van der Waals surface area contributed by atoms with Gasteiger partial charge in [0.15, 0.2) is 0 Å². The Morgan fingerprint density at radius 3 is 0.833 bits per heavy atom. The molecule has 0 saturated carbocycles. The third-order valence-corrected chi connectivity index (χ3v) is 1.33. The largest absolute Gasteiger partial charge is 3.00 e. The molecular formula is C8H12Cl3Rh. The van der Waals surface area contributed by atoms with Gasteiger partial charge in [-0.05, 0) is 25.7 Å². The zero-order chi connectivity index (χ0) is 5.66. The average molecular weight is 317 g/mol. The monoisotopic (exact) mass is 316 g/mol. The smallest absolute Gasteiger partial charge is 1.00 e. The van der Waals surface area contributed by atoms with E-state index in [1.807, 2.05) is 0 Å².